The predicted molar refractivity (Wildman–Crippen MR) is 138 cm³/mol. The maximum atomic E-state index is 13.5. The number of anilines is 1. The number of Topliss-reactive ketones (excluding diaryl/α,β-unsaturated/α-hetero) is 1. The molecule has 1 amide bonds. The number of rotatable bonds is 6. The predicted octanol–water partition coefficient (Wildman–Crippen LogP) is 5.90. The van der Waals surface area contributed by atoms with Gasteiger partial charge in [0.15, 0.2) is 5.78 Å². The number of amides is 1. The number of benzene rings is 2. The minimum atomic E-state index is -0.480. The van der Waals surface area contributed by atoms with Crippen LogP contribution in [0.4, 0.5) is 11.4 Å². The van der Waals surface area contributed by atoms with Crippen molar-refractivity contribution >= 4 is 45.6 Å². The van der Waals surface area contributed by atoms with Gasteiger partial charge in [-0.1, -0.05) is 69.3 Å². The van der Waals surface area contributed by atoms with Gasteiger partial charge in [0.25, 0.3) is 0 Å². The number of thioether (sulfide) groups is 1. The van der Waals surface area contributed by atoms with E-state index in [1.54, 1.807) is 0 Å². The summed E-state index contributed by atoms with van der Waals surface area (Å²) in [6, 6.07) is 13.5. The second kappa shape index (κ2) is 9.64. The van der Waals surface area contributed by atoms with Crippen molar-refractivity contribution in [3.05, 3.63) is 59.2 Å². The molecule has 0 aliphatic carbocycles. The summed E-state index contributed by atoms with van der Waals surface area (Å²) in [5.74, 6) is -0.278. The number of hydrogen-bond acceptors (Lipinski definition) is 5. The first-order valence-corrected chi connectivity index (χ1v) is 12.6. The highest BCUT2D eigenvalue weighted by atomic mass is 32.2. The first-order valence-electron chi connectivity index (χ1n) is 11.7. The summed E-state index contributed by atoms with van der Waals surface area (Å²) in [5.41, 5.74) is 5.50. The van der Waals surface area contributed by atoms with Gasteiger partial charge in [0.05, 0.1) is 21.7 Å². The summed E-state index contributed by atoms with van der Waals surface area (Å²) in [6.45, 7) is 10.1. The number of carbonyl (C=O) groups is 2. The van der Waals surface area contributed by atoms with Crippen LogP contribution >= 0.6 is 11.8 Å². The third kappa shape index (κ3) is 4.54. The average molecular weight is 462 g/mol. The maximum absolute atomic E-state index is 13.5. The van der Waals surface area contributed by atoms with Crippen LogP contribution in [0.2, 0.25) is 0 Å². The van der Waals surface area contributed by atoms with E-state index in [1.807, 2.05) is 63.2 Å². The Kier molecular flexibility index (Phi) is 6.84. The van der Waals surface area contributed by atoms with Crippen molar-refractivity contribution in [1.29, 1.82) is 0 Å². The van der Waals surface area contributed by atoms with Crippen LogP contribution < -0.4 is 5.32 Å². The number of carbonyl (C=O) groups excluding carboxylic acids is 2. The van der Waals surface area contributed by atoms with Gasteiger partial charge in [-0.3, -0.25) is 14.6 Å². The van der Waals surface area contributed by atoms with Gasteiger partial charge in [-0.05, 0) is 49.4 Å². The molecule has 4 unspecified atom stereocenters. The lowest BCUT2D eigenvalue weighted by Gasteiger charge is -2.24. The summed E-state index contributed by atoms with van der Waals surface area (Å²) < 4.78 is 0. The molecule has 2 aromatic carbocycles. The third-order valence-electron chi connectivity index (χ3n) is 6.55. The zero-order valence-corrected chi connectivity index (χ0v) is 20.7. The number of nitrogens with zero attached hydrogens (tertiary/aromatic N) is 2. The molecule has 2 aromatic rings. The van der Waals surface area contributed by atoms with Crippen molar-refractivity contribution in [3.63, 3.8) is 0 Å². The van der Waals surface area contributed by atoms with Gasteiger partial charge in [0, 0.05) is 11.3 Å². The SMILES string of the molecule is CCC(SC1=Nc2ccccc2C2=NC(C(C)CC)C(=O)C12)C(=O)Nc1cc(C)ccc1C. The first kappa shape index (κ1) is 23.4. The van der Waals surface area contributed by atoms with E-state index >= 15 is 0 Å². The summed E-state index contributed by atoms with van der Waals surface area (Å²) in [4.78, 5) is 36.4. The number of hydrogen-bond donors (Lipinski definition) is 1. The Balaban J connectivity index is 1.64. The number of nitrogens with one attached hydrogen (secondary N) is 1. The van der Waals surface area contributed by atoms with Crippen molar-refractivity contribution in [2.24, 2.45) is 21.8 Å². The summed E-state index contributed by atoms with van der Waals surface area (Å²) in [6.07, 6.45) is 1.52. The van der Waals surface area contributed by atoms with E-state index in [1.165, 1.54) is 11.8 Å². The zero-order valence-electron chi connectivity index (χ0n) is 19.9. The van der Waals surface area contributed by atoms with Gasteiger partial charge >= 0.3 is 0 Å². The first-order chi connectivity index (χ1) is 15.8. The van der Waals surface area contributed by atoms with Crippen LogP contribution in [0.15, 0.2) is 52.4 Å². The topological polar surface area (TPSA) is 70.9 Å². The largest absolute Gasteiger partial charge is 0.325 e. The van der Waals surface area contributed by atoms with E-state index in [9.17, 15) is 9.59 Å². The zero-order chi connectivity index (χ0) is 23.7. The van der Waals surface area contributed by atoms with Crippen LogP contribution in [0.3, 0.4) is 0 Å². The summed E-state index contributed by atoms with van der Waals surface area (Å²) >= 11 is 1.40. The molecule has 172 valence electrons. The molecular formula is C27H31N3O2S. The quantitative estimate of drug-likeness (QED) is 0.582. The molecule has 2 aliphatic heterocycles. The molecule has 33 heavy (non-hydrogen) atoms. The van der Waals surface area contributed by atoms with Gasteiger partial charge in [0.1, 0.15) is 12.0 Å². The van der Waals surface area contributed by atoms with E-state index in [4.69, 9.17) is 9.98 Å². The van der Waals surface area contributed by atoms with Gasteiger partial charge in [-0.25, -0.2) is 4.99 Å². The summed E-state index contributed by atoms with van der Waals surface area (Å²) in [7, 11) is 0. The highest BCUT2D eigenvalue weighted by molar-refractivity contribution is 8.15. The van der Waals surface area contributed by atoms with Crippen LogP contribution in [0.1, 0.15) is 50.3 Å². The lowest BCUT2D eigenvalue weighted by Crippen LogP contribution is -2.36. The van der Waals surface area contributed by atoms with Crippen molar-refractivity contribution in [2.45, 2.75) is 58.8 Å². The second-order valence-corrected chi connectivity index (χ2v) is 10.2. The summed E-state index contributed by atoms with van der Waals surface area (Å²) in [5, 5.41) is 3.42. The molecule has 5 nitrogen and oxygen atoms in total. The Morgan fingerprint density at radius 2 is 1.88 bits per heavy atom. The number of aliphatic imine (C=N–C) groups is 2. The standard InChI is InChI=1S/C27H31N3O2S/c1-6-16(4)23-25(31)22-24(30-23)18-10-8-9-11-19(18)29-27(22)33-21(7-2)26(32)28-20-14-15(3)12-13-17(20)5/h8-14,16,21-23H,6-7H2,1-5H3,(H,28,32). The number of para-hydroxylation sites is 1. The van der Waals surface area contributed by atoms with Crippen molar-refractivity contribution in [3.8, 4) is 0 Å². The fourth-order valence-corrected chi connectivity index (χ4v) is 5.44. The molecule has 0 fully saturated rings. The van der Waals surface area contributed by atoms with Gasteiger partial charge in [0.2, 0.25) is 5.91 Å². The van der Waals surface area contributed by atoms with Crippen molar-refractivity contribution < 1.29 is 9.59 Å². The smallest absolute Gasteiger partial charge is 0.237 e. The minimum absolute atomic E-state index is 0.0693. The molecule has 1 N–H and O–H groups in total. The molecule has 6 heteroatoms. The molecule has 0 saturated carbocycles. The Bertz CT molecular complexity index is 1150. The van der Waals surface area contributed by atoms with Crippen LogP contribution in [-0.2, 0) is 9.59 Å². The molecule has 4 atom stereocenters. The fourth-order valence-electron chi connectivity index (χ4n) is 4.31. The van der Waals surface area contributed by atoms with Crippen molar-refractivity contribution in [2.75, 3.05) is 5.32 Å². The molecule has 2 aliphatic rings. The van der Waals surface area contributed by atoms with Crippen LogP contribution in [-0.4, -0.2) is 33.7 Å². The van der Waals surface area contributed by atoms with Crippen molar-refractivity contribution in [1.82, 2.24) is 0 Å². The molecule has 0 bridgehead atoms. The van der Waals surface area contributed by atoms with Crippen LogP contribution in [0, 0.1) is 25.7 Å². The fraction of sp³-hybridized carbons (Fsp3) is 0.407. The number of aryl methyl sites for hydroxylation is 2. The van der Waals surface area contributed by atoms with Gasteiger partial charge in [-0.2, -0.15) is 0 Å². The van der Waals surface area contributed by atoms with E-state index in [0.29, 0.717) is 11.5 Å². The Labute approximate surface area is 200 Å². The monoisotopic (exact) mass is 461 g/mol. The average Bonchev–Trinajstić information content (AvgIpc) is 3.17. The van der Waals surface area contributed by atoms with E-state index in [0.717, 1.165) is 40.2 Å². The highest BCUT2D eigenvalue weighted by Gasteiger charge is 2.46. The molecule has 4 rings (SSSR count). The second-order valence-electron chi connectivity index (χ2n) is 8.97. The third-order valence-corrected chi connectivity index (χ3v) is 7.95. The normalized spacial score (nSPS) is 20.9. The molecule has 0 aromatic heterocycles. The van der Waals surface area contributed by atoms with Crippen LogP contribution in [0.25, 0.3) is 0 Å². The lowest BCUT2D eigenvalue weighted by molar-refractivity contribution is -0.120. The highest BCUT2D eigenvalue weighted by Crippen LogP contribution is 2.40. The van der Waals surface area contributed by atoms with Gasteiger partial charge < -0.3 is 5.32 Å². The molecular weight excluding hydrogens is 430 g/mol. The molecule has 0 saturated heterocycles. The number of ketones is 1. The van der Waals surface area contributed by atoms with Gasteiger partial charge in [-0.15, -0.1) is 0 Å². The Morgan fingerprint density at radius 3 is 2.61 bits per heavy atom. The van der Waals surface area contributed by atoms with E-state index in [-0.39, 0.29) is 28.9 Å². The maximum Gasteiger partial charge on any atom is 0.237 e. The minimum Gasteiger partial charge on any atom is -0.325 e. The van der Waals surface area contributed by atoms with E-state index < -0.39 is 5.92 Å². The van der Waals surface area contributed by atoms with Crippen LogP contribution in [0.5, 0.6) is 0 Å². The molecule has 0 spiro atoms. The van der Waals surface area contributed by atoms with E-state index in [2.05, 4.69) is 19.2 Å². The number of fused-ring (bicyclic) bond motifs is 3. The Hall–Kier alpha value is -2.73. The lowest BCUT2D eigenvalue weighted by atomic mass is 9.88. The molecule has 0 radical (unpaired) electrons. The molecule has 2 heterocycles. The Morgan fingerprint density at radius 1 is 1.12 bits per heavy atom.